The molecule has 1 aliphatic rings. The Morgan fingerprint density at radius 2 is 1.97 bits per heavy atom. The van der Waals surface area contributed by atoms with E-state index < -0.39 is 0 Å². The van der Waals surface area contributed by atoms with Crippen LogP contribution < -0.4 is 10.1 Å². The molecule has 0 saturated carbocycles. The Morgan fingerprint density at radius 1 is 1.18 bits per heavy atom. The highest BCUT2D eigenvalue weighted by Crippen LogP contribution is 2.21. The summed E-state index contributed by atoms with van der Waals surface area (Å²) in [5, 5.41) is 7.24. The predicted molar refractivity (Wildman–Crippen MR) is 127 cm³/mol. The number of amides is 1. The van der Waals surface area contributed by atoms with Crippen LogP contribution in [0.1, 0.15) is 36.3 Å². The van der Waals surface area contributed by atoms with Gasteiger partial charge in [-0.1, -0.05) is 47.1 Å². The number of rotatable bonds is 9. The second kappa shape index (κ2) is 11.1. The first kappa shape index (κ1) is 23.0. The zero-order valence-electron chi connectivity index (χ0n) is 19.4. The summed E-state index contributed by atoms with van der Waals surface area (Å²) in [6.07, 6.45) is 3.75. The molecule has 0 spiro atoms. The molecule has 7 nitrogen and oxygen atoms in total. The number of aromatic nitrogens is 2. The van der Waals surface area contributed by atoms with Crippen molar-refractivity contribution in [2.24, 2.45) is 5.92 Å². The molecule has 1 fully saturated rings. The first-order valence-corrected chi connectivity index (χ1v) is 11.6. The van der Waals surface area contributed by atoms with Crippen LogP contribution in [-0.4, -0.2) is 47.7 Å². The molecule has 0 radical (unpaired) electrons. The van der Waals surface area contributed by atoms with E-state index in [-0.39, 0.29) is 11.8 Å². The fourth-order valence-corrected chi connectivity index (χ4v) is 4.18. The molecular weight excluding hydrogens is 416 g/mol. The molecule has 33 heavy (non-hydrogen) atoms. The largest absolute Gasteiger partial charge is 0.497 e. The van der Waals surface area contributed by atoms with Crippen LogP contribution in [0.15, 0.2) is 53.1 Å². The number of benzene rings is 2. The van der Waals surface area contributed by atoms with Crippen LogP contribution in [0.4, 0.5) is 0 Å². The second-order valence-electron chi connectivity index (χ2n) is 8.69. The minimum atomic E-state index is -0.000716. The van der Waals surface area contributed by atoms with Crippen molar-refractivity contribution in [3.05, 3.63) is 65.5 Å². The molecule has 1 atom stereocenters. The number of likely N-dealkylation sites (tertiary alicyclic amines) is 1. The summed E-state index contributed by atoms with van der Waals surface area (Å²) in [6.45, 7) is 4.95. The van der Waals surface area contributed by atoms with E-state index in [1.807, 2.05) is 36.4 Å². The number of nitrogens with one attached hydrogen (secondary N) is 1. The number of carbonyl (C=O) groups is 1. The highest BCUT2D eigenvalue weighted by atomic mass is 16.5. The van der Waals surface area contributed by atoms with Gasteiger partial charge in [-0.05, 0) is 56.8 Å². The Labute approximate surface area is 195 Å². The summed E-state index contributed by atoms with van der Waals surface area (Å²) < 4.78 is 10.7. The van der Waals surface area contributed by atoms with Gasteiger partial charge in [0.1, 0.15) is 5.75 Å². The maximum atomic E-state index is 12.7. The minimum Gasteiger partial charge on any atom is -0.497 e. The second-order valence-corrected chi connectivity index (χ2v) is 8.69. The summed E-state index contributed by atoms with van der Waals surface area (Å²) in [5.41, 5.74) is 3.39. The van der Waals surface area contributed by atoms with Gasteiger partial charge in [0.05, 0.1) is 19.6 Å². The maximum Gasteiger partial charge on any atom is 0.241 e. The molecule has 1 aliphatic heterocycles. The van der Waals surface area contributed by atoms with Crippen molar-refractivity contribution in [3.8, 4) is 17.1 Å². The van der Waals surface area contributed by atoms with Crippen molar-refractivity contribution in [1.82, 2.24) is 20.4 Å². The molecule has 1 aromatic heterocycles. The van der Waals surface area contributed by atoms with Crippen LogP contribution in [0.3, 0.4) is 0 Å². The van der Waals surface area contributed by atoms with Crippen molar-refractivity contribution < 1.29 is 14.1 Å². The highest BCUT2D eigenvalue weighted by Gasteiger charge is 2.26. The van der Waals surface area contributed by atoms with E-state index in [0.717, 1.165) is 43.5 Å². The summed E-state index contributed by atoms with van der Waals surface area (Å²) in [5.74, 6) is 2.19. The quantitative estimate of drug-likeness (QED) is 0.498. The van der Waals surface area contributed by atoms with Crippen LogP contribution in [0.25, 0.3) is 11.4 Å². The van der Waals surface area contributed by atoms with Gasteiger partial charge in [-0.2, -0.15) is 4.98 Å². The van der Waals surface area contributed by atoms with E-state index in [2.05, 4.69) is 39.4 Å². The SMILES string of the molecule is COc1ccc(CCCNC(=O)C2CCCN(Cc3nc(-c4ccc(C)cc4)no3)C2)cc1. The van der Waals surface area contributed by atoms with E-state index in [4.69, 9.17) is 9.26 Å². The lowest BCUT2D eigenvalue weighted by Gasteiger charge is -2.30. The van der Waals surface area contributed by atoms with Gasteiger partial charge in [0.15, 0.2) is 0 Å². The number of hydrogen-bond acceptors (Lipinski definition) is 6. The average Bonchev–Trinajstić information content (AvgIpc) is 3.31. The zero-order valence-corrected chi connectivity index (χ0v) is 19.4. The highest BCUT2D eigenvalue weighted by molar-refractivity contribution is 5.78. The van der Waals surface area contributed by atoms with E-state index in [0.29, 0.717) is 31.3 Å². The Bertz CT molecular complexity index is 1030. The zero-order chi connectivity index (χ0) is 23.0. The van der Waals surface area contributed by atoms with Gasteiger partial charge in [-0.3, -0.25) is 9.69 Å². The van der Waals surface area contributed by atoms with Crippen molar-refractivity contribution in [1.29, 1.82) is 0 Å². The molecule has 4 rings (SSSR count). The Balaban J connectivity index is 1.21. The van der Waals surface area contributed by atoms with E-state index in [1.54, 1.807) is 7.11 Å². The van der Waals surface area contributed by atoms with Crippen LogP contribution in [0.2, 0.25) is 0 Å². The van der Waals surface area contributed by atoms with Gasteiger partial charge < -0.3 is 14.6 Å². The first-order valence-electron chi connectivity index (χ1n) is 11.6. The Kier molecular flexibility index (Phi) is 7.73. The molecule has 2 aromatic carbocycles. The third-order valence-electron chi connectivity index (χ3n) is 6.11. The third kappa shape index (κ3) is 6.42. The van der Waals surface area contributed by atoms with Crippen molar-refractivity contribution in [2.45, 2.75) is 39.2 Å². The van der Waals surface area contributed by atoms with Crippen molar-refractivity contribution in [2.75, 3.05) is 26.7 Å². The van der Waals surface area contributed by atoms with Crippen LogP contribution in [0.5, 0.6) is 5.75 Å². The summed E-state index contributed by atoms with van der Waals surface area (Å²) >= 11 is 0. The van der Waals surface area contributed by atoms with Gasteiger partial charge in [-0.25, -0.2) is 0 Å². The minimum absolute atomic E-state index is 0.000716. The fourth-order valence-electron chi connectivity index (χ4n) is 4.18. The molecule has 174 valence electrons. The van der Waals surface area contributed by atoms with Gasteiger partial charge in [0.2, 0.25) is 17.6 Å². The van der Waals surface area contributed by atoms with Gasteiger partial charge in [0.25, 0.3) is 0 Å². The summed E-state index contributed by atoms with van der Waals surface area (Å²) in [7, 11) is 1.67. The Morgan fingerprint density at radius 3 is 2.73 bits per heavy atom. The van der Waals surface area contributed by atoms with Gasteiger partial charge in [0, 0.05) is 18.7 Å². The standard InChI is InChI=1S/C26H32N4O3/c1-19-7-11-21(12-8-19)25-28-24(33-29-25)18-30-16-4-6-22(17-30)26(31)27-15-3-5-20-9-13-23(32-2)14-10-20/h7-14,22H,3-6,15-18H2,1-2H3,(H,27,31). The van der Waals surface area contributed by atoms with E-state index in [1.165, 1.54) is 11.1 Å². The lowest BCUT2D eigenvalue weighted by molar-refractivity contribution is -0.126. The topological polar surface area (TPSA) is 80.5 Å². The molecule has 3 aromatic rings. The molecule has 7 heteroatoms. The van der Waals surface area contributed by atoms with Crippen molar-refractivity contribution >= 4 is 5.91 Å². The number of ether oxygens (including phenoxy) is 1. The normalized spacial score (nSPS) is 16.5. The first-order chi connectivity index (χ1) is 16.1. The van der Waals surface area contributed by atoms with Crippen LogP contribution >= 0.6 is 0 Å². The third-order valence-corrected chi connectivity index (χ3v) is 6.11. The molecule has 1 unspecified atom stereocenters. The van der Waals surface area contributed by atoms with Gasteiger partial charge in [-0.15, -0.1) is 0 Å². The molecule has 1 saturated heterocycles. The number of carbonyl (C=O) groups excluding carboxylic acids is 1. The number of hydrogen-bond donors (Lipinski definition) is 1. The predicted octanol–water partition coefficient (Wildman–Crippen LogP) is 4.01. The molecule has 0 aliphatic carbocycles. The maximum absolute atomic E-state index is 12.7. The average molecular weight is 449 g/mol. The lowest BCUT2D eigenvalue weighted by atomic mass is 9.97. The fraction of sp³-hybridized carbons (Fsp3) is 0.423. The number of piperidine rings is 1. The Hall–Kier alpha value is -3.19. The number of nitrogens with zero attached hydrogens (tertiary/aromatic N) is 3. The van der Waals surface area contributed by atoms with Crippen molar-refractivity contribution in [3.63, 3.8) is 0 Å². The van der Waals surface area contributed by atoms with E-state index >= 15 is 0 Å². The van der Waals surface area contributed by atoms with Gasteiger partial charge >= 0.3 is 0 Å². The number of aryl methyl sites for hydroxylation is 2. The molecule has 1 N–H and O–H groups in total. The summed E-state index contributed by atoms with van der Waals surface area (Å²) in [6, 6.07) is 16.2. The number of methoxy groups -OCH3 is 1. The van der Waals surface area contributed by atoms with Crippen LogP contribution in [-0.2, 0) is 17.8 Å². The molecular formula is C26H32N4O3. The van der Waals surface area contributed by atoms with E-state index in [9.17, 15) is 4.79 Å². The van der Waals surface area contributed by atoms with Crippen LogP contribution in [0, 0.1) is 12.8 Å². The summed E-state index contributed by atoms with van der Waals surface area (Å²) in [4.78, 5) is 19.5. The molecule has 0 bridgehead atoms. The monoisotopic (exact) mass is 448 g/mol. The smallest absolute Gasteiger partial charge is 0.241 e. The molecule has 1 amide bonds. The lowest BCUT2D eigenvalue weighted by Crippen LogP contribution is -2.43. The molecule has 2 heterocycles.